The molecular formula is C42H27NO. The summed E-state index contributed by atoms with van der Waals surface area (Å²) < 4.78 is 8.58. The normalized spacial score (nSPS) is 11.6. The van der Waals surface area contributed by atoms with E-state index in [2.05, 4.69) is 156 Å². The lowest BCUT2D eigenvalue weighted by atomic mass is 9.96. The molecule has 0 aliphatic rings. The van der Waals surface area contributed by atoms with Crippen molar-refractivity contribution in [3.05, 3.63) is 164 Å². The summed E-state index contributed by atoms with van der Waals surface area (Å²) in [6, 6.07) is 58.5. The molecule has 2 heterocycles. The summed E-state index contributed by atoms with van der Waals surface area (Å²) in [7, 11) is 0. The Balaban J connectivity index is 1.19. The predicted octanol–water partition coefficient (Wildman–Crippen LogP) is 11.7. The van der Waals surface area contributed by atoms with Gasteiger partial charge in [-0.3, -0.25) is 0 Å². The predicted molar refractivity (Wildman–Crippen MR) is 184 cm³/mol. The molecular weight excluding hydrogens is 534 g/mol. The number of aromatic nitrogens is 1. The molecule has 2 nitrogen and oxygen atoms in total. The molecule has 0 saturated heterocycles. The molecule has 2 aromatic heterocycles. The van der Waals surface area contributed by atoms with Crippen molar-refractivity contribution < 1.29 is 4.42 Å². The number of para-hydroxylation sites is 3. The van der Waals surface area contributed by atoms with Crippen LogP contribution in [0.25, 0.3) is 82.8 Å². The zero-order chi connectivity index (χ0) is 29.0. The van der Waals surface area contributed by atoms with Gasteiger partial charge in [0.1, 0.15) is 11.2 Å². The van der Waals surface area contributed by atoms with Crippen molar-refractivity contribution in [1.82, 2.24) is 4.57 Å². The van der Waals surface area contributed by atoms with Crippen molar-refractivity contribution in [3.63, 3.8) is 0 Å². The van der Waals surface area contributed by atoms with Crippen LogP contribution in [0.4, 0.5) is 0 Å². The third-order valence-corrected chi connectivity index (χ3v) is 8.83. The number of hydrogen-bond donors (Lipinski definition) is 0. The Morgan fingerprint density at radius 1 is 0.364 bits per heavy atom. The fraction of sp³-hybridized carbons (Fsp3) is 0. The standard InChI is InChI=1S/C42H27NO/c1-2-11-28(12-3-1)31-25-26-39-36(27-31)34-14-5-8-18-38(34)43(39)37-17-7-4-13-32(37)29-21-23-30(24-22-29)33-16-10-20-41-42(33)35-15-6-9-19-40(35)44-41/h1-27H. The Bertz CT molecular complexity index is 2480. The van der Waals surface area contributed by atoms with Gasteiger partial charge in [0.15, 0.2) is 0 Å². The van der Waals surface area contributed by atoms with Crippen LogP contribution in [0, 0.1) is 0 Å². The number of fused-ring (bicyclic) bond motifs is 6. The highest BCUT2D eigenvalue weighted by atomic mass is 16.3. The zero-order valence-electron chi connectivity index (χ0n) is 23.9. The van der Waals surface area contributed by atoms with E-state index in [0.29, 0.717) is 0 Å². The van der Waals surface area contributed by atoms with Crippen LogP contribution in [-0.4, -0.2) is 4.57 Å². The first-order valence-electron chi connectivity index (χ1n) is 15.0. The second-order valence-corrected chi connectivity index (χ2v) is 11.3. The van der Waals surface area contributed by atoms with Crippen LogP contribution in [-0.2, 0) is 0 Å². The van der Waals surface area contributed by atoms with Crippen molar-refractivity contribution >= 4 is 43.7 Å². The summed E-state index contributed by atoms with van der Waals surface area (Å²) in [6.45, 7) is 0. The average molecular weight is 562 g/mol. The Labute approximate surface area is 255 Å². The lowest BCUT2D eigenvalue weighted by molar-refractivity contribution is 0.669. The van der Waals surface area contributed by atoms with Gasteiger partial charge in [-0.2, -0.15) is 0 Å². The van der Waals surface area contributed by atoms with Crippen molar-refractivity contribution in [2.24, 2.45) is 0 Å². The molecule has 9 aromatic rings. The minimum atomic E-state index is 0.917. The van der Waals surface area contributed by atoms with Crippen molar-refractivity contribution in [2.75, 3.05) is 0 Å². The van der Waals surface area contributed by atoms with Gasteiger partial charge in [0.2, 0.25) is 0 Å². The second kappa shape index (κ2) is 9.86. The number of furan rings is 1. The van der Waals surface area contributed by atoms with E-state index in [4.69, 9.17) is 4.42 Å². The first-order valence-corrected chi connectivity index (χ1v) is 15.0. The summed E-state index contributed by atoms with van der Waals surface area (Å²) >= 11 is 0. The SMILES string of the molecule is c1ccc(-c2ccc3c(c2)c2ccccc2n3-c2ccccc2-c2ccc(-c3cccc4oc5ccccc5c34)cc2)cc1. The van der Waals surface area contributed by atoms with Crippen LogP contribution in [0.3, 0.4) is 0 Å². The topological polar surface area (TPSA) is 18.1 Å². The Kier molecular flexibility index (Phi) is 5.54. The molecule has 0 saturated carbocycles. The van der Waals surface area contributed by atoms with Gasteiger partial charge in [-0.1, -0.05) is 127 Å². The fourth-order valence-corrected chi connectivity index (χ4v) is 6.80. The molecule has 7 aromatic carbocycles. The van der Waals surface area contributed by atoms with Crippen LogP contribution < -0.4 is 0 Å². The molecule has 0 N–H and O–H groups in total. The van der Waals surface area contributed by atoms with E-state index < -0.39 is 0 Å². The van der Waals surface area contributed by atoms with Crippen molar-refractivity contribution in [2.45, 2.75) is 0 Å². The van der Waals surface area contributed by atoms with E-state index in [9.17, 15) is 0 Å². The smallest absolute Gasteiger partial charge is 0.136 e. The first-order chi connectivity index (χ1) is 21.8. The number of nitrogens with zero attached hydrogens (tertiary/aromatic N) is 1. The van der Waals surface area contributed by atoms with E-state index in [-0.39, 0.29) is 0 Å². The Hall–Kier alpha value is -5.86. The van der Waals surface area contributed by atoms with Crippen LogP contribution in [0.5, 0.6) is 0 Å². The first kappa shape index (κ1) is 24.7. The summed E-state index contributed by atoms with van der Waals surface area (Å²) in [5, 5.41) is 4.82. The summed E-state index contributed by atoms with van der Waals surface area (Å²) in [5.41, 5.74) is 12.6. The van der Waals surface area contributed by atoms with Gasteiger partial charge in [-0.05, 0) is 64.2 Å². The Morgan fingerprint density at radius 2 is 0.977 bits per heavy atom. The quantitative estimate of drug-likeness (QED) is 0.209. The monoisotopic (exact) mass is 561 g/mol. The molecule has 0 spiro atoms. The third-order valence-electron chi connectivity index (χ3n) is 8.83. The Morgan fingerprint density at radius 3 is 1.84 bits per heavy atom. The van der Waals surface area contributed by atoms with Gasteiger partial charge >= 0.3 is 0 Å². The van der Waals surface area contributed by atoms with Gasteiger partial charge < -0.3 is 8.98 Å². The minimum absolute atomic E-state index is 0.917. The number of rotatable bonds is 4. The van der Waals surface area contributed by atoms with Crippen molar-refractivity contribution in [1.29, 1.82) is 0 Å². The summed E-state index contributed by atoms with van der Waals surface area (Å²) in [6.07, 6.45) is 0. The minimum Gasteiger partial charge on any atom is -0.456 e. The largest absolute Gasteiger partial charge is 0.456 e. The van der Waals surface area contributed by atoms with Gasteiger partial charge in [-0.15, -0.1) is 0 Å². The van der Waals surface area contributed by atoms with E-state index in [0.717, 1.165) is 21.9 Å². The molecule has 0 bridgehead atoms. The van der Waals surface area contributed by atoms with E-state index in [1.54, 1.807) is 0 Å². The molecule has 0 amide bonds. The maximum atomic E-state index is 6.16. The molecule has 0 fully saturated rings. The number of hydrogen-bond acceptors (Lipinski definition) is 1. The highest BCUT2D eigenvalue weighted by Crippen LogP contribution is 2.40. The van der Waals surface area contributed by atoms with Gasteiger partial charge in [0, 0.05) is 27.1 Å². The van der Waals surface area contributed by atoms with Crippen LogP contribution >= 0.6 is 0 Å². The maximum absolute atomic E-state index is 6.16. The molecule has 0 radical (unpaired) electrons. The molecule has 2 heteroatoms. The fourth-order valence-electron chi connectivity index (χ4n) is 6.80. The van der Waals surface area contributed by atoms with E-state index >= 15 is 0 Å². The highest BCUT2D eigenvalue weighted by Gasteiger charge is 2.17. The highest BCUT2D eigenvalue weighted by molar-refractivity contribution is 6.13. The zero-order valence-corrected chi connectivity index (χ0v) is 23.9. The van der Waals surface area contributed by atoms with Crippen LogP contribution in [0.1, 0.15) is 0 Å². The maximum Gasteiger partial charge on any atom is 0.136 e. The second-order valence-electron chi connectivity index (χ2n) is 11.3. The molecule has 0 atom stereocenters. The molecule has 44 heavy (non-hydrogen) atoms. The van der Waals surface area contributed by atoms with Gasteiger partial charge in [-0.25, -0.2) is 0 Å². The number of benzene rings is 7. The lowest BCUT2D eigenvalue weighted by Gasteiger charge is -2.15. The molecule has 0 aliphatic carbocycles. The van der Waals surface area contributed by atoms with E-state index in [1.165, 1.54) is 60.9 Å². The average Bonchev–Trinajstić information content (AvgIpc) is 3.64. The van der Waals surface area contributed by atoms with Crippen LogP contribution in [0.2, 0.25) is 0 Å². The molecule has 9 rings (SSSR count). The van der Waals surface area contributed by atoms with E-state index in [1.807, 2.05) is 12.1 Å². The van der Waals surface area contributed by atoms with Gasteiger partial charge in [0.25, 0.3) is 0 Å². The summed E-state index contributed by atoms with van der Waals surface area (Å²) in [5.74, 6) is 0. The third kappa shape index (κ3) is 3.82. The summed E-state index contributed by atoms with van der Waals surface area (Å²) in [4.78, 5) is 0. The lowest BCUT2D eigenvalue weighted by Crippen LogP contribution is -1.97. The molecule has 206 valence electrons. The van der Waals surface area contributed by atoms with Crippen molar-refractivity contribution in [3.8, 4) is 39.1 Å². The molecule has 0 unspecified atom stereocenters. The van der Waals surface area contributed by atoms with Gasteiger partial charge in [0.05, 0.1) is 16.7 Å². The van der Waals surface area contributed by atoms with Crippen LogP contribution in [0.15, 0.2) is 168 Å². The molecule has 0 aliphatic heterocycles.